The number of anilines is 5. The summed E-state index contributed by atoms with van der Waals surface area (Å²) in [4.78, 5) is 38.7. The monoisotopic (exact) mass is 1520 g/mol. The molecule has 474 valence electrons. The first-order valence-electron chi connectivity index (χ1n) is 28.1. The van der Waals surface area contributed by atoms with Gasteiger partial charge >= 0.3 is 0 Å². The van der Waals surface area contributed by atoms with E-state index in [1.54, 1.807) is 98.3 Å². The highest BCUT2D eigenvalue weighted by Crippen LogP contribution is 2.42. The Morgan fingerprint density at radius 3 is 1.02 bits per heavy atom. The van der Waals surface area contributed by atoms with E-state index in [1.807, 2.05) is 82.2 Å². The van der Waals surface area contributed by atoms with Crippen LogP contribution in [0.15, 0.2) is 160 Å². The highest BCUT2D eigenvalue weighted by Gasteiger charge is 2.17. The van der Waals surface area contributed by atoms with Gasteiger partial charge in [0, 0.05) is 39.6 Å². The summed E-state index contributed by atoms with van der Waals surface area (Å²) in [6, 6.07) is 34.7. The summed E-state index contributed by atoms with van der Waals surface area (Å²) in [5.74, 6) is 1.64. The van der Waals surface area contributed by atoms with E-state index in [2.05, 4.69) is 116 Å². The summed E-state index contributed by atoms with van der Waals surface area (Å²) < 4.78 is 16.2. The number of thiophene rings is 8. The molecule has 15 aromatic rings. The van der Waals surface area contributed by atoms with Crippen molar-refractivity contribution < 1.29 is 8.83 Å². The maximum absolute atomic E-state index is 9.06. The number of furan rings is 2. The van der Waals surface area contributed by atoms with Crippen molar-refractivity contribution in [2.24, 2.45) is 0 Å². The zero-order chi connectivity index (χ0) is 67.6. The molecule has 0 aliphatic carbocycles. The number of hydrogen-bond acceptors (Lipinski definition) is 23. The van der Waals surface area contributed by atoms with E-state index in [1.165, 1.54) is 60.0 Å². The van der Waals surface area contributed by atoms with E-state index in [0.717, 1.165) is 86.5 Å². The van der Waals surface area contributed by atoms with Gasteiger partial charge in [0.1, 0.15) is 57.1 Å². The molecule has 15 rings (SSSR count). The normalized spacial score (nSPS) is 10.4. The molecule has 0 aliphatic rings. The molecule has 97 heavy (non-hydrogen) atoms. The summed E-state index contributed by atoms with van der Waals surface area (Å²) in [5.41, 5.74) is 10.9. The van der Waals surface area contributed by atoms with Crippen LogP contribution in [0.1, 0.15) is 43.2 Å². The maximum Gasteiger partial charge on any atom is 0.223 e. The molecule has 0 saturated heterocycles. The number of hydrogen-bond donors (Lipinski definition) is 5. The standard InChI is InChI=1S/C14H8N4OS.C14H8N4S2.C13H8BrN3S2.C13H8ClN3OS.C13H8ClN3S2/c2*1-16-12-8-20-14-11(5-9(6-15)18-13(12)14)17-7-10-3-2-4-19-10;14-10-7-19-13-11(4-8(5-15)17-12(10)13)16-6-9-2-1-3-18-9;2*1-15-10-7-19-13-9(5-11(14)17-12(10)13)16-6-8-3-2-4-18-8/h2*2-5,8H,7H2,(H,17,18);1-4,7H,6H2,(H,16,17);2*2-5,7H,6H2,(H,16,17). The van der Waals surface area contributed by atoms with Crippen molar-refractivity contribution in [1.29, 1.82) is 15.8 Å². The van der Waals surface area contributed by atoms with Gasteiger partial charge in [0.05, 0.1) is 136 Å². The highest BCUT2D eigenvalue weighted by atomic mass is 79.9. The van der Waals surface area contributed by atoms with Crippen LogP contribution in [0.4, 0.5) is 51.2 Å². The fourth-order valence-electron chi connectivity index (χ4n) is 9.03. The Morgan fingerprint density at radius 1 is 0.402 bits per heavy atom. The first-order chi connectivity index (χ1) is 47.5. The van der Waals surface area contributed by atoms with Crippen LogP contribution >= 0.6 is 130 Å². The van der Waals surface area contributed by atoms with Gasteiger partial charge in [-0.2, -0.15) is 61.1 Å². The Kier molecular flexibility index (Phi) is 23.1. The smallest absolute Gasteiger partial charge is 0.223 e. The van der Waals surface area contributed by atoms with E-state index < -0.39 is 0 Å². The predicted octanol–water partition coefficient (Wildman–Crippen LogP) is 22.8. The fourth-order valence-corrected chi connectivity index (χ4v) is 16.6. The van der Waals surface area contributed by atoms with Gasteiger partial charge in [-0.15, -0.1) is 45.3 Å². The molecule has 0 saturated carbocycles. The van der Waals surface area contributed by atoms with Crippen molar-refractivity contribution in [3.63, 3.8) is 0 Å². The second-order valence-electron chi connectivity index (χ2n) is 19.6. The third-order valence-corrected chi connectivity index (χ3v) is 22.3. The quantitative estimate of drug-likeness (QED) is 0.0474. The van der Waals surface area contributed by atoms with Crippen LogP contribution in [0.25, 0.3) is 70.5 Å². The predicted molar refractivity (Wildman–Crippen MR) is 402 cm³/mol. The molecular weight excluding hydrogens is 1480 g/mol. The Hall–Kier alpha value is -10.3. The van der Waals surface area contributed by atoms with E-state index >= 15 is 0 Å². The molecule has 0 atom stereocenters. The molecule has 19 nitrogen and oxygen atoms in total. The second kappa shape index (κ2) is 32.9. The third-order valence-electron chi connectivity index (χ3n) is 13.4. The van der Waals surface area contributed by atoms with Crippen molar-refractivity contribution in [3.05, 3.63) is 250 Å². The van der Waals surface area contributed by atoms with Crippen molar-refractivity contribution >= 4 is 232 Å². The topological polar surface area (TPSA) is 240 Å². The summed E-state index contributed by atoms with van der Waals surface area (Å²) >= 11 is 28.1. The van der Waals surface area contributed by atoms with Crippen LogP contribution in [0.2, 0.25) is 10.3 Å². The fraction of sp³-hybridized carbons (Fsp3) is 0.0746. The Balaban J connectivity index is 0.000000123. The molecular formula is C67H40BrCl2N17O2S8. The number of nitrogens with zero attached hydrogens (tertiary/aromatic N) is 12. The summed E-state index contributed by atoms with van der Waals surface area (Å²) in [7, 11) is 0. The van der Waals surface area contributed by atoms with Crippen molar-refractivity contribution in [2.45, 2.75) is 32.7 Å². The van der Waals surface area contributed by atoms with Crippen LogP contribution in [0, 0.1) is 60.3 Å². The number of fused-ring (bicyclic) bond motifs is 5. The highest BCUT2D eigenvalue weighted by molar-refractivity contribution is 9.10. The van der Waals surface area contributed by atoms with Gasteiger partial charge in [-0.3, -0.25) is 0 Å². The number of aromatic nitrogens is 5. The minimum atomic E-state index is 0.294. The van der Waals surface area contributed by atoms with Crippen molar-refractivity contribution in [3.8, 4) is 18.2 Å². The minimum Gasteiger partial charge on any atom is -0.467 e. The molecule has 0 amide bonds. The van der Waals surface area contributed by atoms with Gasteiger partial charge in [-0.1, -0.05) is 41.4 Å². The molecule has 0 aromatic carbocycles. The number of nitrogens with one attached hydrogen (secondary N) is 5. The van der Waals surface area contributed by atoms with E-state index in [4.69, 9.17) is 74.1 Å². The lowest BCUT2D eigenvalue weighted by Gasteiger charge is -2.07. The van der Waals surface area contributed by atoms with Crippen molar-refractivity contribution in [2.75, 3.05) is 26.6 Å². The largest absolute Gasteiger partial charge is 0.467 e. The molecule has 30 heteroatoms. The van der Waals surface area contributed by atoms with Gasteiger partial charge in [-0.25, -0.2) is 44.3 Å². The molecule has 15 heterocycles. The van der Waals surface area contributed by atoms with Gasteiger partial charge in [-0.05, 0) is 126 Å². The maximum atomic E-state index is 9.06. The number of pyridine rings is 5. The number of rotatable bonds is 15. The average molecular weight is 1520 g/mol. The Morgan fingerprint density at radius 2 is 0.711 bits per heavy atom. The van der Waals surface area contributed by atoms with Crippen LogP contribution < -0.4 is 26.6 Å². The molecule has 5 N–H and O–H groups in total. The van der Waals surface area contributed by atoms with Gasteiger partial charge in [0.2, 0.25) is 22.7 Å². The molecule has 15 aromatic heterocycles. The number of halogens is 3. The van der Waals surface area contributed by atoms with Crippen LogP contribution in [-0.2, 0) is 32.7 Å². The summed E-state index contributed by atoms with van der Waals surface area (Å²) in [6.07, 6.45) is 3.25. The van der Waals surface area contributed by atoms with Gasteiger partial charge in [0.25, 0.3) is 0 Å². The Bertz CT molecular complexity index is 5260. The zero-order valence-electron chi connectivity index (χ0n) is 49.6. The first-order valence-corrected chi connectivity index (χ1v) is 36.6. The minimum absolute atomic E-state index is 0.294. The first kappa shape index (κ1) is 68.1. The summed E-state index contributed by atoms with van der Waals surface area (Å²) in [5, 5.41) is 59.8. The van der Waals surface area contributed by atoms with E-state index in [-0.39, 0.29) is 0 Å². The average Bonchev–Trinajstić information content (AvgIpc) is 1.75. The molecule has 0 aliphatic heterocycles. The van der Waals surface area contributed by atoms with E-state index in [9.17, 15) is 0 Å². The molecule has 0 radical (unpaired) electrons. The van der Waals surface area contributed by atoms with Crippen molar-refractivity contribution in [1.82, 2.24) is 24.9 Å². The van der Waals surface area contributed by atoms with E-state index in [0.29, 0.717) is 91.8 Å². The lowest BCUT2D eigenvalue weighted by molar-refractivity contribution is 0.518. The molecule has 0 fully saturated rings. The lowest BCUT2D eigenvalue weighted by Crippen LogP contribution is -1.99. The van der Waals surface area contributed by atoms with Gasteiger partial charge in [0.15, 0.2) is 0 Å². The summed E-state index contributed by atoms with van der Waals surface area (Å²) in [6.45, 7) is 31.8. The second-order valence-corrected chi connectivity index (χ2v) is 28.7. The van der Waals surface area contributed by atoms with Crippen LogP contribution in [0.5, 0.6) is 0 Å². The van der Waals surface area contributed by atoms with Crippen LogP contribution in [-0.4, -0.2) is 24.9 Å². The molecule has 0 spiro atoms. The number of nitriles is 3. The van der Waals surface area contributed by atoms with Gasteiger partial charge < -0.3 is 35.4 Å². The third kappa shape index (κ3) is 16.9. The SMILES string of the molecule is N#Cc1cc(NCc2cccs2)c2scc(Br)c2n1.[C-]#[N+]c1csc2c(NCc3ccco3)cc(C#N)nc12.[C-]#[N+]c1csc2c(NCc3ccco3)cc(Cl)nc12.[C-]#[N+]c1csc2c(NCc3cccs3)cc(C#N)nc12.[C-]#[N+]c1csc2c(NCc3cccs3)cc(Cl)nc12. The zero-order valence-corrected chi connectivity index (χ0v) is 59.2. The molecule has 0 bridgehead atoms. The van der Waals surface area contributed by atoms with Crippen LogP contribution in [0.3, 0.4) is 0 Å². The molecule has 0 unspecified atom stereocenters. The Labute approximate surface area is 603 Å². The lowest BCUT2D eigenvalue weighted by atomic mass is 10.2.